The zero-order chi connectivity index (χ0) is 10.1. The van der Waals surface area contributed by atoms with Gasteiger partial charge in [0.25, 0.3) is 0 Å². The van der Waals surface area contributed by atoms with Gasteiger partial charge in [0.2, 0.25) is 0 Å². The van der Waals surface area contributed by atoms with Gasteiger partial charge in [-0.2, -0.15) is 0 Å². The Morgan fingerprint density at radius 2 is 1.93 bits per heavy atom. The second-order valence-corrected chi connectivity index (χ2v) is 4.75. The molecule has 1 aromatic rings. The van der Waals surface area contributed by atoms with Gasteiger partial charge in [0.1, 0.15) is 0 Å². The van der Waals surface area contributed by atoms with Gasteiger partial charge in [-0.25, -0.2) is 0 Å². The molecule has 0 saturated carbocycles. The Morgan fingerprint density at radius 1 is 1.29 bits per heavy atom. The average Bonchev–Trinajstić information content (AvgIpc) is 2.51. The molecule has 0 aromatic heterocycles. The summed E-state index contributed by atoms with van der Waals surface area (Å²) in [6.45, 7) is 3.28. The smallest absolute Gasteiger partial charge is 0.0468 e. The van der Waals surface area contributed by atoms with Crippen molar-refractivity contribution in [3.63, 3.8) is 0 Å². The minimum atomic E-state index is 0.325. The molecular formula is C11H13Cl2N. The molecule has 2 rings (SSSR count). The van der Waals surface area contributed by atoms with E-state index in [0.29, 0.717) is 12.0 Å². The fraction of sp³-hybridized carbons (Fsp3) is 0.455. The first-order chi connectivity index (χ1) is 6.68. The fourth-order valence-electron chi connectivity index (χ4n) is 1.98. The van der Waals surface area contributed by atoms with Crippen molar-refractivity contribution in [2.75, 3.05) is 6.54 Å². The Bertz CT molecular complexity index is 318. The van der Waals surface area contributed by atoms with E-state index in [2.05, 4.69) is 12.2 Å². The molecule has 1 fully saturated rings. The second kappa shape index (κ2) is 4.09. The predicted octanol–water partition coefficient (Wildman–Crippen LogP) is 3.66. The largest absolute Gasteiger partial charge is 0.310 e. The van der Waals surface area contributed by atoms with Gasteiger partial charge in [-0.1, -0.05) is 36.2 Å². The van der Waals surface area contributed by atoms with E-state index in [1.807, 2.05) is 18.2 Å². The SMILES string of the molecule is CC1CNC(c2c(Cl)cccc2Cl)C1. The van der Waals surface area contributed by atoms with Crippen molar-refractivity contribution < 1.29 is 0 Å². The van der Waals surface area contributed by atoms with Crippen LogP contribution in [0.4, 0.5) is 0 Å². The summed E-state index contributed by atoms with van der Waals surface area (Å²) in [7, 11) is 0. The molecule has 1 saturated heterocycles. The summed E-state index contributed by atoms with van der Waals surface area (Å²) >= 11 is 12.3. The van der Waals surface area contributed by atoms with Crippen LogP contribution in [0.1, 0.15) is 24.9 Å². The predicted molar refractivity (Wildman–Crippen MR) is 61.0 cm³/mol. The van der Waals surface area contributed by atoms with Crippen LogP contribution in [-0.4, -0.2) is 6.54 Å². The van der Waals surface area contributed by atoms with Crippen LogP contribution >= 0.6 is 23.2 Å². The molecule has 76 valence electrons. The summed E-state index contributed by atoms with van der Waals surface area (Å²) in [5, 5.41) is 4.97. The summed E-state index contributed by atoms with van der Waals surface area (Å²) in [5.41, 5.74) is 1.06. The number of rotatable bonds is 1. The van der Waals surface area contributed by atoms with Crippen LogP contribution in [-0.2, 0) is 0 Å². The molecule has 0 amide bonds. The van der Waals surface area contributed by atoms with Gasteiger partial charge >= 0.3 is 0 Å². The molecule has 1 aromatic carbocycles. The van der Waals surface area contributed by atoms with Gasteiger partial charge < -0.3 is 5.32 Å². The lowest BCUT2D eigenvalue weighted by atomic mass is 10.0. The fourth-order valence-corrected chi connectivity index (χ4v) is 2.64. The summed E-state index contributed by atoms with van der Waals surface area (Å²) in [4.78, 5) is 0. The van der Waals surface area contributed by atoms with E-state index in [0.717, 1.165) is 28.6 Å². The Labute approximate surface area is 94.4 Å². The van der Waals surface area contributed by atoms with Crippen molar-refractivity contribution in [2.45, 2.75) is 19.4 Å². The Kier molecular flexibility index (Phi) is 3.01. The first kappa shape index (κ1) is 10.3. The normalized spacial score (nSPS) is 26.8. The molecule has 1 aliphatic rings. The first-order valence-electron chi connectivity index (χ1n) is 4.85. The average molecular weight is 230 g/mol. The number of nitrogens with one attached hydrogen (secondary N) is 1. The van der Waals surface area contributed by atoms with Crippen molar-refractivity contribution in [1.82, 2.24) is 5.32 Å². The molecule has 0 radical (unpaired) electrons. The maximum atomic E-state index is 6.13. The van der Waals surface area contributed by atoms with Crippen LogP contribution in [0.5, 0.6) is 0 Å². The molecule has 1 aliphatic heterocycles. The molecule has 2 atom stereocenters. The Hall–Kier alpha value is -0.240. The molecule has 3 heteroatoms. The molecule has 1 nitrogen and oxygen atoms in total. The van der Waals surface area contributed by atoms with Crippen LogP contribution in [0, 0.1) is 5.92 Å². The summed E-state index contributed by atoms with van der Waals surface area (Å²) in [5.74, 6) is 0.701. The minimum absolute atomic E-state index is 0.325. The van der Waals surface area contributed by atoms with Crippen LogP contribution in [0.25, 0.3) is 0 Å². The highest BCUT2D eigenvalue weighted by Gasteiger charge is 2.25. The third kappa shape index (κ3) is 1.90. The van der Waals surface area contributed by atoms with Crippen molar-refractivity contribution in [3.05, 3.63) is 33.8 Å². The Balaban J connectivity index is 2.31. The minimum Gasteiger partial charge on any atom is -0.310 e. The highest BCUT2D eigenvalue weighted by molar-refractivity contribution is 6.36. The van der Waals surface area contributed by atoms with Crippen molar-refractivity contribution >= 4 is 23.2 Å². The lowest BCUT2D eigenvalue weighted by Crippen LogP contribution is -2.14. The van der Waals surface area contributed by atoms with Crippen molar-refractivity contribution in [1.29, 1.82) is 0 Å². The summed E-state index contributed by atoms with van der Waals surface area (Å²) in [6.07, 6.45) is 1.11. The first-order valence-corrected chi connectivity index (χ1v) is 5.61. The molecule has 1 N–H and O–H groups in total. The van der Waals surface area contributed by atoms with Gasteiger partial charge in [0.15, 0.2) is 0 Å². The van der Waals surface area contributed by atoms with Crippen molar-refractivity contribution in [2.24, 2.45) is 5.92 Å². The third-order valence-corrected chi connectivity index (χ3v) is 3.36. The van der Waals surface area contributed by atoms with E-state index < -0.39 is 0 Å². The zero-order valence-corrected chi connectivity index (χ0v) is 9.57. The van der Waals surface area contributed by atoms with E-state index in [1.165, 1.54) is 0 Å². The second-order valence-electron chi connectivity index (χ2n) is 3.94. The quantitative estimate of drug-likeness (QED) is 0.776. The zero-order valence-electron chi connectivity index (χ0n) is 8.06. The van der Waals surface area contributed by atoms with Crippen molar-refractivity contribution in [3.8, 4) is 0 Å². The maximum absolute atomic E-state index is 6.13. The molecule has 0 bridgehead atoms. The van der Waals surface area contributed by atoms with Crippen LogP contribution in [0.15, 0.2) is 18.2 Å². The van der Waals surface area contributed by atoms with Crippen LogP contribution in [0.2, 0.25) is 10.0 Å². The van der Waals surface area contributed by atoms with Gasteiger partial charge in [0, 0.05) is 21.7 Å². The van der Waals surface area contributed by atoms with E-state index in [9.17, 15) is 0 Å². The van der Waals surface area contributed by atoms with E-state index in [4.69, 9.17) is 23.2 Å². The molecule has 14 heavy (non-hydrogen) atoms. The lowest BCUT2D eigenvalue weighted by Gasteiger charge is -2.14. The standard InChI is InChI=1S/C11H13Cl2N/c1-7-5-10(14-6-7)11-8(12)3-2-4-9(11)13/h2-4,7,10,14H,5-6H2,1H3. The topological polar surface area (TPSA) is 12.0 Å². The number of hydrogen-bond acceptors (Lipinski definition) is 1. The van der Waals surface area contributed by atoms with E-state index in [-0.39, 0.29) is 0 Å². The molecular weight excluding hydrogens is 217 g/mol. The third-order valence-electron chi connectivity index (χ3n) is 2.70. The number of hydrogen-bond donors (Lipinski definition) is 1. The number of benzene rings is 1. The van der Waals surface area contributed by atoms with Gasteiger partial charge in [-0.3, -0.25) is 0 Å². The monoisotopic (exact) mass is 229 g/mol. The molecule has 1 heterocycles. The lowest BCUT2D eigenvalue weighted by molar-refractivity contribution is 0.612. The van der Waals surface area contributed by atoms with Gasteiger partial charge in [-0.15, -0.1) is 0 Å². The van der Waals surface area contributed by atoms with Crippen LogP contribution in [0.3, 0.4) is 0 Å². The van der Waals surface area contributed by atoms with E-state index >= 15 is 0 Å². The van der Waals surface area contributed by atoms with Crippen LogP contribution < -0.4 is 5.32 Å². The maximum Gasteiger partial charge on any atom is 0.0468 e. The Morgan fingerprint density at radius 3 is 2.43 bits per heavy atom. The highest BCUT2D eigenvalue weighted by Crippen LogP contribution is 2.35. The van der Waals surface area contributed by atoms with Gasteiger partial charge in [0.05, 0.1) is 0 Å². The molecule has 0 spiro atoms. The number of halogens is 2. The molecule has 2 unspecified atom stereocenters. The molecule has 0 aliphatic carbocycles. The van der Waals surface area contributed by atoms with E-state index in [1.54, 1.807) is 0 Å². The van der Waals surface area contributed by atoms with Gasteiger partial charge in [-0.05, 0) is 31.0 Å². The summed E-state index contributed by atoms with van der Waals surface area (Å²) in [6, 6.07) is 6.00. The highest BCUT2D eigenvalue weighted by atomic mass is 35.5. The summed E-state index contributed by atoms with van der Waals surface area (Å²) < 4.78 is 0.